The van der Waals surface area contributed by atoms with Gasteiger partial charge in [0.25, 0.3) is 5.96 Å². The molecule has 0 amide bonds. The maximum absolute atomic E-state index is 12.3. The molecular weight excluding hydrogens is 302 g/mol. The summed E-state index contributed by atoms with van der Waals surface area (Å²) in [5, 5.41) is 3.57. The van der Waals surface area contributed by atoms with Crippen LogP contribution >= 0.6 is 0 Å². The van der Waals surface area contributed by atoms with E-state index in [1.54, 1.807) is 6.07 Å². The van der Waals surface area contributed by atoms with Crippen molar-refractivity contribution in [2.75, 3.05) is 5.32 Å². The minimum absolute atomic E-state index is 0.154. The Morgan fingerprint density at radius 1 is 1.17 bits per heavy atom. The van der Waals surface area contributed by atoms with Crippen LogP contribution in [0.5, 0.6) is 0 Å². The molecule has 2 aromatic carbocycles. The number of fused-ring (bicyclic) bond motifs is 3. The molecule has 3 aromatic rings. The van der Waals surface area contributed by atoms with E-state index in [1.165, 1.54) is 5.56 Å². The number of hydrogen-bond donors (Lipinski definition) is 3. The Kier molecular flexibility index (Phi) is 3.30. The van der Waals surface area contributed by atoms with Gasteiger partial charge in [0, 0.05) is 5.56 Å². The third-order valence-electron chi connectivity index (χ3n) is 4.32. The molecule has 0 saturated heterocycles. The first-order valence-corrected chi connectivity index (χ1v) is 7.93. The van der Waals surface area contributed by atoms with Crippen LogP contribution in [0.3, 0.4) is 0 Å². The number of aromatic nitrogens is 2. The summed E-state index contributed by atoms with van der Waals surface area (Å²) in [5.74, 6) is 0.821. The molecular formula is C18H18N5O+. The third-order valence-corrected chi connectivity index (χ3v) is 4.32. The number of nitrogens with one attached hydrogen (secondary N) is 2. The fourth-order valence-electron chi connectivity index (χ4n) is 3.07. The Hall–Kier alpha value is -3.15. The normalized spacial score (nSPS) is 16.4. The van der Waals surface area contributed by atoms with E-state index in [1.807, 2.05) is 22.8 Å². The zero-order valence-corrected chi connectivity index (χ0v) is 13.3. The van der Waals surface area contributed by atoms with Crippen molar-refractivity contribution >= 4 is 22.8 Å². The number of hydrogen-bond acceptors (Lipinski definition) is 4. The second-order valence-electron chi connectivity index (χ2n) is 5.80. The molecule has 2 heterocycles. The number of rotatable bonds is 2. The highest BCUT2D eigenvalue weighted by Gasteiger charge is 2.30. The maximum Gasteiger partial charge on any atom is 0.367 e. The summed E-state index contributed by atoms with van der Waals surface area (Å²) in [6.07, 6.45) is 0.659. The van der Waals surface area contributed by atoms with Crippen LogP contribution < -0.4 is 21.2 Å². The van der Waals surface area contributed by atoms with Crippen LogP contribution in [0.2, 0.25) is 0 Å². The molecule has 4 rings (SSSR count). The second kappa shape index (κ2) is 5.49. The lowest BCUT2D eigenvalue weighted by atomic mass is 10.1. The van der Waals surface area contributed by atoms with Crippen molar-refractivity contribution in [1.82, 2.24) is 4.98 Å². The number of anilines is 1. The zero-order valence-electron chi connectivity index (χ0n) is 13.3. The van der Waals surface area contributed by atoms with Gasteiger partial charge in [0.05, 0.1) is 5.39 Å². The highest BCUT2D eigenvalue weighted by molar-refractivity contribution is 5.91. The molecule has 0 aliphatic carbocycles. The molecule has 0 bridgehead atoms. The van der Waals surface area contributed by atoms with E-state index in [0.29, 0.717) is 11.3 Å². The molecule has 0 saturated carbocycles. The SMILES string of the molecule is CCc1ccc([C@H]2N=C(N)Nc3[nH]c(=O)c4ccccc4[n+]32)cc1. The number of benzene rings is 2. The number of guanidine groups is 1. The van der Waals surface area contributed by atoms with Gasteiger partial charge in [-0.3, -0.25) is 4.79 Å². The topological polar surface area (TPSA) is 87.1 Å². The van der Waals surface area contributed by atoms with Crippen molar-refractivity contribution in [2.24, 2.45) is 10.7 Å². The monoisotopic (exact) mass is 320 g/mol. The standard InChI is InChI=1S/C18H17N5O/c1-2-11-7-9-12(10-8-11)15-20-17(19)22-18-21-16(24)13-5-3-4-6-14(13)23(15)18/h3-10,15H,2H2,1H3,(H3,19,20,21,22,24)/p+1/t15-/m0/s1. The Morgan fingerprint density at radius 2 is 1.92 bits per heavy atom. The Balaban J connectivity index is 1.97. The maximum atomic E-state index is 12.3. The zero-order chi connectivity index (χ0) is 16.7. The van der Waals surface area contributed by atoms with Crippen molar-refractivity contribution in [3.05, 3.63) is 70.0 Å². The van der Waals surface area contributed by atoms with Crippen LogP contribution in [0.1, 0.15) is 24.2 Å². The van der Waals surface area contributed by atoms with E-state index in [-0.39, 0.29) is 17.7 Å². The van der Waals surface area contributed by atoms with Gasteiger partial charge >= 0.3 is 11.5 Å². The van der Waals surface area contributed by atoms with Gasteiger partial charge in [-0.1, -0.05) is 43.3 Å². The van der Waals surface area contributed by atoms with Gasteiger partial charge in [-0.25, -0.2) is 14.9 Å². The molecule has 0 spiro atoms. The highest BCUT2D eigenvalue weighted by Crippen LogP contribution is 2.22. The van der Waals surface area contributed by atoms with Crippen LogP contribution in [-0.2, 0) is 6.42 Å². The lowest BCUT2D eigenvalue weighted by Crippen LogP contribution is -2.51. The number of nitrogens with two attached hydrogens (primary N) is 1. The lowest BCUT2D eigenvalue weighted by Gasteiger charge is -2.21. The molecule has 1 aliphatic rings. The average molecular weight is 320 g/mol. The van der Waals surface area contributed by atoms with Gasteiger partial charge in [-0.05, 0) is 24.1 Å². The molecule has 6 nitrogen and oxygen atoms in total. The van der Waals surface area contributed by atoms with E-state index < -0.39 is 0 Å². The average Bonchev–Trinajstić information content (AvgIpc) is 2.61. The van der Waals surface area contributed by atoms with Crippen molar-refractivity contribution in [1.29, 1.82) is 0 Å². The summed E-state index contributed by atoms with van der Waals surface area (Å²) >= 11 is 0. The van der Waals surface area contributed by atoms with Gasteiger partial charge in [0.1, 0.15) is 5.52 Å². The van der Waals surface area contributed by atoms with Gasteiger partial charge in [-0.15, -0.1) is 0 Å². The molecule has 120 valence electrons. The van der Waals surface area contributed by atoms with E-state index in [4.69, 9.17) is 5.73 Å². The van der Waals surface area contributed by atoms with Gasteiger partial charge < -0.3 is 5.73 Å². The first-order chi connectivity index (χ1) is 11.7. The molecule has 0 fully saturated rings. The van der Waals surface area contributed by atoms with Crippen molar-refractivity contribution in [3.8, 4) is 0 Å². The van der Waals surface area contributed by atoms with Crippen molar-refractivity contribution in [3.63, 3.8) is 0 Å². The minimum atomic E-state index is -0.325. The Labute approximate surface area is 138 Å². The molecule has 1 aromatic heterocycles. The molecule has 0 unspecified atom stereocenters. The van der Waals surface area contributed by atoms with Crippen molar-refractivity contribution < 1.29 is 4.57 Å². The molecule has 1 atom stereocenters. The molecule has 0 radical (unpaired) electrons. The van der Waals surface area contributed by atoms with Crippen LogP contribution in [-0.4, -0.2) is 10.9 Å². The van der Waals surface area contributed by atoms with E-state index >= 15 is 0 Å². The number of para-hydroxylation sites is 1. The Bertz CT molecular complexity index is 1000. The van der Waals surface area contributed by atoms with Gasteiger partial charge in [-0.2, -0.15) is 4.99 Å². The van der Waals surface area contributed by atoms with Gasteiger partial charge in [0.15, 0.2) is 0 Å². The Morgan fingerprint density at radius 3 is 2.67 bits per heavy atom. The number of aromatic amines is 1. The number of H-pyrrole nitrogens is 1. The lowest BCUT2D eigenvalue weighted by molar-refractivity contribution is -0.677. The van der Waals surface area contributed by atoms with Crippen LogP contribution in [0, 0.1) is 0 Å². The smallest absolute Gasteiger partial charge is 0.357 e. The minimum Gasteiger partial charge on any atom is -0.357 e. The van der Waals surface area contributed by atoms with Gasteiger partial charge in [0.2, 0.25) is 6.17 Å². The number of aryl methyl sites for hydroxylation is 1. The van der Waals surface area contributed by atoms with E-state index in [9.17, 15) is 4.79 Å². The predicted octanol–water partition coefficient (Wildman–Crippen LogP) is 1.67. The largest absolute Gasteiger partial charge is 0.367 e. The summed E-state index contributed by atoms with van der Waals surface area (Å²) in [4.78, 5) is 19.7. The third kappa shape index (κ3) is 2.23. The summed E-state index contributed by atoms with van der Waals surface area (Å²) in [6.45, 7) is 2.12. The number of nitrogens with zero attached hydrogens (tertiary/aromatic N) is 2. The molecule has 4 N–H and O–H groups in total. The first-order valence-electron chi connectivity index (χ1n) is 7.93. The van der Waals surface area contributed by atoms with Crippen LogP contribution in [0.25, 0.3) is 10.9 Å². The second-order valence-corrected chi connectivity index (χ2v) is 5.80. The van der Waals surface area contributed by atoms with Crippen LogP contribution in [0.15, 0.2) is 58.3 Å². The van der Waals surface area contributed by atoms with E-state index in [2.05, 4.69) is 46.5 Å². The summed E-state index contributed by atoms with van der Waals surface area (Å²) in [7, 11) is 0. The first kappa shape index (κ1) is 14.4. The summed E-state index contributed by atoms with van der Waals surface area (Å²) in [5.41, 5.74) is 8.87. The number of aliphatic imine (C=N–C) groups is 1. The molecule has 24 heavy (non-hydrogen) atoms. The van der Waals surface area contributed by atoms with Crippen LogP contribution in [0.4, 0.5) is 5.95 Å². The summed E-state index contributed by atoms with van der Waals surface area (Å²) < 4.78 is 1.97. The summed E-state index contributed by atoms with van der Waals surface area (Å²) in [6, 6.07) is 15.8. The van der Waals surface area contributed by atoms with Crippen molar-refractivity contribution in [2.45, 2.75) is 19.5 Å². The highest BCUT2D eigenvalue weighted by atomic mass is 16.1. The quantitative estimate of drug-likeness (QED) is 0.628. The van der Waals surface area contributed by atoms with E-state index in [0.717, 1.165) is 17.5 Å². The fraction of sp³-hybridized carbons (Fsp3) is 0.167. The molecule has 1 aliphatic heterocycles. The molecule has 6 heteroatoms. The predicted molar refractivity (Wildman–Crippen MR) is 94.0 cm³/mol. The fourth-order valence-corrected chi connectivity index (χ4v) is 3.07.